The van der Waals surface area contributed by atoms with Crippen LogP contribution >= 0.6 is 11.3 Å². The minimum atomic E-state index is -0.576. The van der Waals surface area contributed by atoms with Gasteiger partial charge in [-0.3, -0.25) is 9.59 Å². The third kappa shape index (κ3) is 4.66. The molecule has 25 heavy (non-hydrogen) atoms. The fourth-order valence-corrected chi connectivity index (χ4v) is 3.34. The zero-order valence-electron chi connectivity index (χ0n) is 15.6. The van der Waals surface area contributed by atoms with Gasteiger partial charge in [-0.15, -0.1) is 11.3 Å². The minimum Gasteiger partial charge on any atom is -0.344 e. The third-order valence-corrected chi connectivity index (χ3v) is 4.92. The van der Waals surface area contributed by atoms with Crippen molar-refractivity contribution in [1.82, 2.24) is 10.3 Å². The van der Waals surface area contributed by atoms with Gasteiger partial charge in [0.25, 0.3) is 0 Å². The van der Waals surface area contributed by atoms with Crippen molar-refractivity contribution in [1.29, 1.82) is 0 Å². The van der Waals surface area contributed by atoms with Crippen molar-refractivity contribution in [3.05, 3.63) is 34.2 Å². The van der Waals surface area contributed by atoms with Crippen molar-refractivity contribution in [2.75, 3.05) is 5.32 Å². The number of benzene rings is 1. The lowest BCUT2D eigenvalue weighted by molar-refractivity contribution is -0.126. The van der Waals surface area contributed by atoms with E-state index in [0.29, 0.717) is 5.13 Å². The minimum absolute atomic E-state index is 0.00896. The first-order chi connectivity index (χ1) is 11.7. The van der Waals surface area contributed by atoms with Gasteiger partial charge in [-0.25, -0.2) is 4.98 Å². The molecule has 0 saturated heterocycles. The van der Waals surface area contributed by atoms with Crippen molar-refractivity contribution in [3.8, 4) is 11.3 Å². The molecule has 0 aliphatic carbocycles. The smallest absolute Gasteiger partial charge is 0.248 e. The lowest BCUT2D eigenvalue weighted by Crippen LogP contribution is -2.46. The first-order valence-electron chi connectivity index (χ1n) is 8.30. The van der Waals surface area contributed by atoms with Crippen molar-refractivity contribution in [2.45, 2.75) is 47.6 Å². The Balaban J connectivity index is 2.20. The molecule has 0 radical (unpaired) electrons. The summed E-state index contributed by atoms with van der Waals surface area (Å²) in [5.74, 6) is -0.479. The third-order valence-electron chi connectivity index (χ3n) is 4.16. The zero-order valence-corrected chi connectivity index (χ0v) is 16.4. The number of aryl methyl sites for hydroxylation is 3. The summed E-state index contributed by atoms with van der Waals surface area (Å²) >= 11 is 1.38. The molecule has 0 saturated carbocycles. The summed E-state index contributed by atoms with van der Waals surface area (Å²) in [7, 11) is 0. The van der Waals surface area contributed by atoms with E-state index in [0.717, 1.165) is 16.8 Å². The fraction of sp³-hybridized carbons (Fsp3) is 0.421. The van der Waals surface area contributed by atoms with Gasteiger partial charge in [0.2, 0.25) is 11.8 Å². The van der Waals surface area contributed by atoms with Gasteiger partial charge in [0.15, 0.2) is 5.13 Å². The summed E-state index contributed by atoms with van der Waals surface area (Å²) in [4.78, 5) is 28.3. The van der Waals surface area contributed by atoms with E-state index in [1.165, 1.54) is 29.4 Å². The largest absolute Gasteiger partial charge is 0.344 e. The molecular weight excluding hydrogens is 334 g/mol. The second kappa shape index (κ2) is 7.78. The molecule has 0 unspecified atom stereocenters. The first-order valence-corrected chi connectivity index (χ1v) is 9.18. The number of thiazole rings is 1. The highest BCUT2D eigenvalue weighted by molar-refractivity contribution is 7.14. The van der Waals surface area contributed by atoms with Gasteiger partial charge in [-0.2, -0.15) is 0 Å². The number of hydrogen-bond acceptors (Lipinski definition) is 4. The van der Waals surface area contributed by atoms with E-state index >= 15 is 0 Å². The Kier molecular flexibility index (Phi) is 5.95. The quantitative estimate of drug-likeness (QED) is 0.852. The maximum atomic E-state index is 12.4. The van der Waals surface area contributed by atoms with Crippen LogP contribution in [-0.4, -0.2) is 22.8 Å². The van der Waals surface area contributed by atoms with E-state index < -0.39 is 6.04 Å². The highest BCUT2D eigenvalue weighted by Crippen LogP contribution is 2.29. The molecule has 134 valence electrons. The van der Waals surface area contributed by atoms with E-state index in [2.05, 4.69) is 48.5 Å². The first kappa shape index (κ1) is 19.1. The number of nitrogens with zero attached hydrogens (tertiary/aromatic N) is 1. The van der Waals surface area contributed by atoms with E-state index in [1.54, 1.807) is 0 Å². The molecule has 0 aliphatic rings. The molecule has 6 heteroatoms. The van der Waals surface area contributed by atoms with Crippen LogP contribution in [0.4, 0.5) is 5.13 Å². The summed E-state index contributed by atoms with van der Waals surface area (Å²) in [6, 6.07) is 3.70. The van der Waals surface area contributed by atoms with Gasteiger partial charge in [0.05, 0.1) is 5.69 Å². The molecule has 0 aliphatic heterocycles. The predicted octanol–water partition coefficient (Wildman–Crippen LogP) is 3.83. The number of carbonyl (C=O) groups excluding carboxylic acids is 2. The van der Waals surface area contributed by atoms with E-state index in [9.17, 15) is 9.59 Å². The number of amides is 2. The van der Waals surface area contributed by atoms with Crippen LogP contribution in [-0.2, 0) is 9.59 Å². The Bertz CT molecular complexity index is 796. The second-order valence-electron chi connectivity index (χ2n) is 6.70. The normalized spacial score (nSPS) is 12.1. The molecule has 1 heterocycles. The Hall–Kier alpha value is -2.21. The van der Waals surface area contributed by atoms with Crippen molar-refractivity contribution in [3.63, 3.8) is 0 Å². The molecule has 1 aromatic heterocycles. The van der Waals surface area contributed by atoms with Crippen molar-refractivity contribution >= 4 is 28.3 Å². The maximum absolute atomic E-state index is 12.4. The van der Waals surface area contributed by atoms with Crippen LogP contribution in [0.15, 0.2) is 17.5 Å². The fourth-order valence-electron chi connectivity index (χ4n) is 2.63. The summed E-state index contributed by atoms with van der Waals surface area (Å²) < 4.78 is 0. The van der Waals surface area contributed by atoms with Crippen molar-refractivity contribution < 1.29 is 9.59 Å². The van der Waals surface area contributed by atoms with Gasteiger partial charge < -0.3 is 10.6 Å². The Morgan fingerprint density at radius 1 is 1.08 bits per heavy atom. The number of aromatic nitrogens is 1. The molecule has 0 fully saturated rings. The van der Waals surface area contributed by atoms with E-state index in [1.807, 2.05) is 19.2 Å². The highest BCUT2D eigenvalue weighted by Gasteiger charge is 2.24. The highest BCUT2D eigenvalue weighted by atomic mass is 32.1. The SMILES string of the molecule is CC(=O)N[C@H](C(=O)Nc1nc(-c2cc(C)c(C)cc2C)cs1)C(C)C. The summed E-state index contributed by atoms with van der Waals surface area (Å²) in [5.41, 5.74) is 5.54. The summed E-state index contributed by atoms with van der Waals surface area (Å²) in [5, 5.41) is 7.98. The average Bonchev–Trinajstić information content (AvgIpc) is 2.96. The van der Waals surface area contributed by atoms with E-state index in [-0.39, 0.29) is 17.7 Å². The van der Waals surface area contributed by atoms with Crippen LogP contribution in [0.5, 0.6) is 0 Å². The van der Waals surface area contributed by atoms with Crippen LogP contribution in [0.3, 0.4) is 0 Å². The summed E-state index contributed by atoms with van der Waals surface area (Å²) in [6.45, 7) is 11.4. The molecule has 0 bridgehead atoms. The van der Waals surface area contributed by atoms with Crippen LogP contribution in [0.1, 0.15) is 37.5 Å². The standard InChI is InChI=1S/C19H25N3O2S/c1-10(2)17(20-14(6)23)18(24)22-19-21-16(9-25-19)15-8-12(4)11(3)7-13(15)5/h7-10,17H,1-6H3,(H,20,23)(H,21,22,24)/t17-/m0/s1. The molecule has 1 atom stereocenters. The second-order valence-corrected chi connectivity index (χ2v) is 7.56. The Morgan fingerprint density at radius 2 is 1.72 bits per heavy atom. The van der Waals surface area contributed by atoms with Gasteiger partial charge in [0.1, 0.15) is 6.04 Å². The predicted molar refractivity (Wildman–Crippen MR) is 103 cm³/mol. The topological polar surface area (TPSA) is 71.1 Å². The van der Waals surface area contributed by atoms with E-state index in [4.69, 9.17) is 0 Å². The molecule has 2 rings (SSSR count). The zero-order chi connectivity index (χ0) is 18.7. The Labute approximate surface area is 152 Å². The number of rotatable bonds is 5. The Morgan fingerprint density at radius 3 is 2.32 bits per heavy atom. The van der Waals surface area contributed by atoms with Gasteiger partial charge >= 0.3 is 0 Å². The van der Waals surface area contributed by atoms with Crippen LogP contribution in [0, 0.1) is 26.7 Å². The van der Waals surface area contributed by atoms with Crippen LogP contribution in [0.25, 0.3) is 11.3 Å². The average molecular weight is 359 g/mol. The molecule has 0 spiro atoms. The van der Waals surface area contributed by atoms with Gasteiger partial charge in [-0.05, 0) is 49.4 Å². The molecular formula is C19H25N3O2S. The van der Waals surface area contributed by atoms with Crippen LogP contribution < -0.4 is 10.6 Å². The number of carbonyl (C=O) groups is 2. The molecule has 2 N–H and O–H groups in total. The number of nitrogens with one attached hydrogen (secondary N) is 2. The van der Waals surface area contributed by atoms with Crippen LogP contribution in [0.2, 0.25) is 0 Å². The lowest BCUT2D eigenvalue weighted by Gasteiger charge is -2.20. The number of hydrogen-bond donors (Lipinski definition) is 2. The molecule has 5 nitrogen and oxygen atoms in total. The molecule has 2 aromatic rings. The molecule has 1 aromatic carbocycles. The van der Waals surface area contributed by atoms with Crippen molar-refractivity contribution in [2.24, 2.45) is 5.92 Å². The monoisotopic (exact) mass is 359 g/mol. The summed E-state index contributed by atoms with van der Waals surface area (Å²) in [6.07, 6.45) is 0. The maximum Gasteiger partial charge on any atom is 0.248 e. The lowest BCUT2D eigenvalue weighted by atomic mass is 9.99. The molecule has 2 amide bonds. The van der Waals surface area contributed by atoms with Gasteiger partial charge in [0, 0.05) is 17.9 Å². The number of anilines is 1. The van der Waals surface area contributed by atoms with Gasteiger partial charge in [-0.1, -0.05) is 19.9 Å².